The highest BCUT2D eigenvalue weighted by molar-refractivity contribution is 5.99. The molecule has 106 valence electrons. The molecule has 0 aliphatic rings. The van der Waals surface area contributed by atoms with E-state index in [1.165, 1.54) is 12.1 Å². The molecule has 3 N–H and O–H groups in total. The Balaban J connectivity index is 2.24. The summed E-state index contributed by atoms with van der Waals surface area (Å²) < 4.78 is 18.2. The summed E-state index contributed by atoms with van der Waals surface area (Å²) in [6, 6.07) is 3.75. The molecule has 0 atom stereocenters. The number of amides is 1. The summed E-state index contributed by atoms with van der Waals surface area (Å²) in [4.78, 5) is 11.8. The van der Waals surface area contributed by atoms with Crippen LogP contribution in [0.5, 0.6) is 0 Å². The molecule has 0 bridgehead atoms. The van der Waals surface area contributed by atoms with Crippen molar-refractivity contribution in [1.29, 1.82) is 0 Å². The average molecular weight is 268 g/mol. The van der Waals surface area contributed by atoms with Crippen molar-refractivity contribution in [2.24, 2.45) is 0 Å². The molecule has 1 aromatic rings. The van der Waals surface area contributed by atoms with Gasteiger partial charge >= 0.3 is 0 Å². The third-order valence-electron chi connectivity index (χ3n) is 2.65. The molecule has 19 heavy (non-hydrogen) atoms. The van der Waals surface area contributed by atoms with Crippen LogP contribution in [0.1, 0.15) is 36.5 Å². The Morgan fingerprint density at radius 2 is 2.11 bits per heavy atom. The summed E-state index contributed by atoms with van der Waals surface area (Å²) in [5, 5.41) is 2.73. The van der Waals surface area contributed by atoms with Crippen molar-refractivity contribution in [2.45, 2.75) is 26.2 Å². The van der Waals surface area contributed by atoms with E-state index in [9.17, 15) is 9.18 Å². The fourth-order valence-electron chi connectivity index (χ4n) is 1.56. The number of hydrogen-bond acceptors (Lipinski definition) is 3. The third-order valence-corrected chi connectivity index (χ3v) is 2.65. The first-order chi connectivity index (χ1) is 9.15. The van der Waals surface area contributed by atoms with Gasteiger partial charge in [-0.1, -0.05) is 13.3 Å². The fourth-order valence-corrected chi connectivity index (χ4v) is 1.56. The van der Waals surface area contributed by atoms with E-state index < -0.39 is 5.82 Å². The second kappa shape index (κ2) is 8.48. The Labute approximate surface area is 113 Å². The zero-order valence-electron chi connectivity index (χ0n) is 11.2. The van der Waals surface area contributed by atoms with Crippen molar-refractivity contribution in [1.82, 2.24) is 5.32 Å². The van der Waals surface area contributed by atoms with Crippen LogP contribution < -0.4 is 11.1 Å². The van der Waals surface area contributed by atoms with Crippen molar-refractivity contribution in [3.05, 3.63) is 29.6 Å². The first kappa shape index (κ1) is 15.4. The van der Waals surface area contributed by atoms with Gasteiger partial charge < -0.3 is 15.8 Å². The van der Waals surface area contributed by atoms with Crippen LogP contribution in [0.3, 0.4) is 0 Å². The average Bonchev–Trinajstić information content (AvgIpc) is 2.37. The Morgan fingerprint density at radius 1 is 1.37 bits per heavy atom. The van der Waals surface area contributed by atoms with Gasteiger partial charge in [0.05, 0.1) is 5.56 Å². The van der Waals surface area contributed by atoms with Gasteiger partial charge in [-0.25, -0.2) is 4.39 Å². The van der Waals surface area contributed by atoms with Gasteiger partial charge in [0.15, 0.2) is 0 Å². The molecule has 0 aromatic heterocycles. The topological polar surface area (TPSA) is 64.3 Å². The molecule has 0 saturated heterocycles. The maximum absolute atomic E-state index is 12.8. The summed E-state index contributed by atoms with van der Waals surface area (Å²) in [5.41, 5.74) is 6.03. The van der Waals surface area contributed by atoms with E-state index in [1.54, 1.807) is 0 Å². The van der Waals surface area contributed by atoms with E-state index >= 15 is 0 Å². The van der Waals surface area contributed by atoms with E-state index in [0.29, 0.717) is 18.7 Å². The molecule has 1 aromatic carbocycles. The quantitative estimate of drug-likeness (QED) is 0.562. The molecule has 0 aliphatic carbocycles. The number of hydrogen-bond donors (Lipinski definition) is 2. The van der Waals surface area contributed by atoms with Gasteiger partial charge in [0.25, 0.3) is 5.91 Å². The van der Waals surface area contributed by atoms with Gasteiger partial charge in [0.2, 0.25) is 0 Å². The molecule has 0 fully saturated rings. The van der Waals surface area contributed by atoms with E-state index in [4.69, 9.17) is 10.5 Å². The summed E-state index contributed by atoms with van der Waals surface area (Å²) in [5.74, 6) is -0.732. The lowest BCUT2D eigenvalue weighted by Crippen LogP contribution is -2.26. The number of unbranched alkanes of at least 4 members (excludes halogenated alkanes) is 1. The number of carbonyl (C=O) groups excluding carboxylic acids is 1. The first-order valence-electron chi connectivity index (χ1n) is 6.56. The van der Waals surface area contributed by atoms with Gasteiger partial charge in [0.1, 0.15) is 5.82 Å². The van der Waals surface area contributed by atoms with Crippen molar-refractivity contribution in [3.63, 3.8) is 0 Å². The highest BCUT2D eigenvalue weighted by Gasteiger charge is 2.09. The summed E-state index contributed by atoms with van der Waals surface area (Å²) in [6.45, 7) is 4.01. The molecule has 1 amide bonds. The second-order valence-electron chi connectivity index (χ2n) is 4.31. The first-order valence-corrected chi connectivity index (χ1v) is 6.56. The monoisotopic (exact) mass is 268 g/mol. The van der Waals surface area contributed by atoms with Gasteiger partial charge in [-0.15, -0.1) is 0 Å². The molecular formula is C14H21FN2O2. The van der Waals surface area contributed by atoms with Crippen molar-refractivity contribution >= 4 is 11.6 Å². The van der Waals surface area contributed by atoms with Crippen LogP contribution in [-0.4, -0.2) is 25.7 Å². The standard InChI is InChI=1S/C14H21FN2O2/c1-2-3-8-19-9-4-7-17-14(18)12-6-5-11(15)10-13(12)16/h5-6,10H,2-4,7-9,16H2,1H3,(H,17,18). The number of ether oxygens (including phenoxy) is 1. The van der Waals surface area contributed by atoms with Crippen LogP contribution in [-0.2, 0) is 4.74 Å². The smallest absolute Gasteiger partial charge is 0.253 e. The molecule has 0 spiro atoms. The molecule has 1 rings (SSSR count). The Hall–Kier alpha value is -1.62. The SMILES string of the molecule is CCCCOCCCNC(=O)c1ccc(F)cc1N. The van der Waals surface area contributed by atoms with E-state index in [1.807, 2.05) is 0 Å². The molecule has 0 saturated carbocycles. The van der Waals surface area contributed by atoms with E-state index in [0.717, 1.165) is 31.9 Å². The van der Waals surface area contributed by atoms with Gasteiger partial charge in [-0.05, 0) is 31.0 Å². The molecule has 0 heterocycles. The summed E-state index contributed by atoms with van der Waals surface area (Å²) in [7, 11) is 0. The highest BCUT2D eigenvalue weighted by Crippen LogP contribution is 2.12. The number of nitrogens with two attached hydrogens (primary N) is 1. The molecule has 0 unspecified atom stereocenters. The normalized spacial score (nSPS) is 10.4. The lowest BCUT2D eigenvalue weighted by molar-refractivity contribution is 0.0941. The number of rotatable bonds is 8. The Morgan fingerprint density at radius 3 is 2.79 bits per heavy atom. The minimum atomic E-state index is -0.446. The molecule has 0 aliphatic heterocycles. The lowest BCUT2D eigenvalue weighted by Gasteiger charge is -2.08. The zero-order chi connectivity index (χ0) is 14.1. The van der Waals surface area contributed by atoms with Crippen LogP contribution in [0, 0.1) is 5.82 Å². The number of halogens is 1. The number of benzene rings is 1. The van der Waals surface area contributed by atoms with E-state index in [2.05, 4.69) is 12.2 Å². The largest absolute Gasteiger partial charge is 0.398 e. The number of nitrogen functional groups attached to an aromatic ring is 1. The predicted octanol–water partition coefficient (Wildman–Crippen LogP) is 2.34. The number of carbonyl (C=O) groups is 1. The van der Waals surface area contributed by atoms with Crippen LogP contribution in [0.15, 0.2) is 18.2 Å². The van der Waals surface area contributed by atoms with Crippen LogP contribution >= 0.6 is 0 Å². The molecule has 5 heteroatoms. The second-order valence-corrected chi connectivity index (χ2v) is 4.31. The fraction of sp³-hybridized carbons (Fsp3) is 0.500. The van der Waals surface area contributed by atoms with Gasteiger partial charge in [-0.2, -0.15) is 0 Å². The zero-order valence-corrected chi connectivity index (χ0v) is 11.2. The van der Waals surface area contributed by atoms with Gasteiger partial charge in [0, 0.05) is 25.4 Å². The predicted molar refractivity (Wildman–Crippen MR) is 73.5 cm³/mol. The molecular weight excluding hydrogens is 247 g/mol. The third kappa shape index (κ3) is 5.70. The number of nitrogens with one attached hydrogen (secondary N) is 1. The number of anilines is 1. The Bertz CT molecular complexity index is 410. The Kier molecular flexibility index (Phi) is 6.89. The van der Waals surface area contributed by atoms with Crippen molar-refractivity contribution < 1.29 is 13.9 Å². The van der Waals surface area contributed by atoms with Crippen LogP contribution in [0.4, 0.5) is 10.1 Å². The highest BCUT2D eigenvalue weighted by atomic mass is 19.1. The molecule has 0 radical (unpaired) electrons. The van der Waals surface area contributed by atoms with Crippen LogP contribution in [0.25, 0.3) is 0 Å². The van der Waals surface area contributed by atoms with Crippen molar-refractivity contribution in [3.8, 4) is 0 Å². The maximum atomic E-state index is 12.8. The van der Waals surface area contributed by atoms with Crippen LogP contribution in [0.2, 0.25) is 0 Å². The summed E-state index contributed by atoms with van der Waals surface area (Å²) in [6.07, 6.45) is 2.91. The van der Waals surface area contributed by atoms with Crippen molar-refractivity contribution in [2.75, 3.05) is 25.5 Å². The maximum Gasteiger partial charge on any atom is 0.253 e. The lowest BCUT2D eigenvalue weighted by atomic mass is 10.1. The molecule has 4 nitrogen and oxygen atoms in total. The minimum absolute atomic E-state index is 0.150. The van der Waals surface area contributed by atoms with Gasteiger partial charge in [-0.3, -0.25) is 4.79 Å². The van der Waals surface area contributed by atoms with E-state index in [-0.39, 0.29) is 11.6 Å². The minimum Gasteiger partial charge on any atom is -0.398 e. The summed E-state index contributed by atoms with van der Waals surface area (Å²) >= 11 is 0.